The molecule has 6 heteroatoms. The smallest absolute Gasteiger partial charge is 0.222 e. The van der Waals surface area contributed by atoms with E-state index in [9.17, 15) is 4.79 Å². The van der Waals surface area contributed by atoms with Gasteiger partial charge in [-0.1, -0.05) is 6.07 Å². The van der Waals surface area contributed by atoms with E-state index in [-0.39, 0.29) is 11.9 Å². The third-order valence-electron chi connectivity index (χ3n) is 3.47. The summed E-state index contributed by atoms with van der Waals surface area (Å²) in [6, 6.07) is 7.75. The molecule has 1 amide bonds. The van der Waals surface area contributed by atoms with E-state index in [1.165, 1.54) is 0 Å². The van der Waals surface area contributed by atoms with E-state index in [1.807, 2.05) is 48.1 Å². The monoisotopic (exact) mass is 317 g/mol. The van der Waals surface area contributed by atoms with Crippen molar-refractivity contribution in [2.75, 3.05) is 20.3 Å². The van der Waals surface area contributed by atoms with E-state index in [0.717, 1.165) is 5.56 Å². The molecular weight excluding hydrogens is 294 g/mol. The molecule has 0 saturated carbocycles. The summed E-state index contributed by atoms with van der Waals surface area (Å²) in [7, 11) is 1.62. The Bertz CT molecular complexity index is 599. The lowest BCUT2D eigenvalue weighted by Gasteiger charge is -2.14. The van der Waals surface area contributed by atoms with Crippen molar-refractivity contribution in [3.05, 3.63) is 48.4 Å². The number of nitrogens with zero attached hydrogens (tertiary/aromatic N) is 2. The highest BCUT2D eigenvalue weighted by Gasteiger charge is 2.11. The predicted molar refractivity (Wildman–Crippen MR) is 87.2 cm³/mol. The van der Waals surface area contributed by atoms with Crippen LogP contribution in [0.1, 0.15) is 24.9 Å². The highest BCUT2D eigenvalue weighted by atomic mass is 16.5. The average Bonchev–Trinajstić information content (AvgIpc) is 3.09. The van der Waals surface area contributed by atoms with Crippen LogP contribution in [0.2, 0.25) is 0 Å². The van der Waals surface area contributed by atoms with Crippen LogP contribution in [0.5, 0.6) is 5.88 Å². The summed E-state index contributed by atoms with van der Waals surface area (Å²) in [5, 5.41) is 2.92. The number of methoxy groups -OCH3 is 1. The van der Waals surface area contributed by atoms with Crippen LogP contribution in [-0.2, 0) is 16.1 Å². The molecule has 0 aliphatic rings. The molecule has 2 heterocycles. The van der Waals surface area contributed by atoms with Crippen molar-refractivity contribution >= 4 is 5.91 Å². The first-order valence-electron chi connectivity index (χ1n) is 7.65. The molecule has 0 bridgehead atoms. The third kappa shape index (κ3) is 5.41. The van der Waals surface area contributed by atoms with Crippen molar-refractivity contribution in [3.8, 4) is 5.88 Å². The number of nitrogens with one attached hydrogen (secondary N) is 1. The zero-order chi connectivity index (χ0) is 16.5. The van der Waals surface area contributed by atoms with E-state index >= 15 is 0 Å². The van der Waals surface area contributed by atoms with Gasteiger partial charge in [0.2, 0.25) is 11.8 Å². The van der Waals surface area contributed by atoms with Crippen LogP contribution < -0.4 is 10.1 Å². The van der Waals surface area contributed by atoms with Gasteiger partial charge in [-0.25, -0.2) is 4.98 Å². The summed E-state index contributed by atoms with van der Waals surface area (Å²) < 4.78 is 12.5. The van der Waals surface area contributed by atoms with Gasteiger partial charge in [-0.3, -0.25) is 4.79 Å². The predicted octanol–water partition coefficient (Wildman–Crippen LogP) is 2.18. The van der Waals surface area contributed by atoms with Crippen LogP contribution in [0.4, 0.5) is 0 Å². The number of carbonyl (C=O) groups excluding carboxylic acids is 1. The van der Waals surface area contributed by atoms with Gasteiger partial charge in [-0.15, -0.1) is 0 Å². The van der Waals surface area contributed by atoms with Crippen LogP contribution in [0, 0.1) is 0 Å². The molecule has 2 aromatic rings. The molecule has 6 nitrogen and oxygen atoms in total. The maximum atomic E-state index is 12.1. The second-order valence-electron chi connectivity index (χ2n) is 5.27. The molecule has 0 aliphatic heterocycles. The topological polar surface area (TPSA) is 65.4 Å². The van der Waals surface area contributed by atoms with E-state index in [2.05, 4.69) is 10.3 Å². The highest BCUT2D eigenvalue weighted by molar-refractivity contribution is 5.76. The maximum Gasteiger partial charge on any atom is 0.222 e. The number of carbonyl (C=O) groups is 1. The van der Waals surface area contributed by atoms with Gasteiger partial charge in [-0.2, -0.15) is 0 Å². The Kier molecular flexibility index (Phi) is 6.62. The number of rotatable bonds is 9. The molecular formula is C17H23N3O3. The van der Waals surface area contributed by atoms with E-state index in [0.29, 0.717) is 32.1 Å². The Morgan fingerprint density at radius 2 is 2.09 bits per heavy atom. The van der Waals surface area contributed by atoms with E-state index in [4.69, 9.17) is 9.47 Å². The van der Waals surface area contributed by atoms with Gasteiger partial charge in [0.05, 0.1) is 6.61 Å². The molecule has 1 N–H and O–H groups in total. The average molecular weight is 317 g/mol. The van der Waals surface area contributed by atoms with Gasteiger partial charge in [0.1, 0.15) is 6.61 Å². The van der Waals surface area contributed by atoms with Crippen molar-refractivity contribution in [3.63, 3.8) is 0 Å². The summed E-state index contributed by atoms with van der Waals surface area (Å²) in [6.45, 7) is 3.34. The van der Waals surface area contributed by atoms with Crippen molar-refractivity contribution in [1.29, 1.82) is 0 Å². The molecule has 124 valence electrons. The Balaban J connectivity index is 1.84. The van der Waals surface area contributed by atoms with Crippen LogP contribution >= 0.6 is 0 Å². The number of aromatic nitrogens is 2. The number of hydrogen-bond donors (Lipinski definition) is 1. The van der Waals surface area contributed by atoms with Crippen LogP contribution in [-0.4, -0.2) is 35.8 Å². The van der Waals surface area contributed by atoms with Gasteiger partial charge in [0.25, 0.3) is 0 Å². The standard InChI is InChI=1S/C17H23N3O3/c1-14(20-8-3-4-9-20)12-16(21)19-13-15-6-5-7-18-17(15)23-11-10-22-2/h3-9,14H,10-13H2,1-2H3,(H,19,21). The summed E-state index contributed by atoms with van der Waals surface area (Å²) >= 11 is 0. The fourth-order valence-electron chi connectivity index (χ4n) is 2.19. The molecule has 1 atom stereocenters. The van der Waals surface area contributed by atoms with Crippen LogP contribution in [0.25, 0.3) is 0 Å². The lowest BCUT2D eigenvalue weighted by molar-refractivity contribution is -0.121. The first-order valence-corrected chi connectivity index (χ1v) is 7.65. The fraction of sp³-hybridized carbons (Fsp3) is 0.412. The minimum atomic E-state index is -0.00195. The molecule has 2 aromatic heterocycles. The van der Waals surface area contributed by atoms with Crippen LogP contribution in [0.3, 0.4) is 0 Å². The third-order valence-corrected chi connectivity index (χ3v) is 3.47. The Morgan fingerprint density at radius 1 is 1.30 bits per heavy atom. The SMILES string of the molecule is COCCOc1ncccc1CNC(=O)CC(C)n1cccc1. The quantitative estimate of drug-likeness (QED) is 0.720. The first-order chi connectivity index (χ1) is 11.2. The lowest BCUT2D eigenvalue weighted by Crippen LogP contribution is -2.25. The first kappa shape index (κ1) is 17.0. The highest BCUT2D eigenvalue weighted by Crippen LogP contribution is 2.15. The summed E-state index contributed by atoms with van der Waals surface area (Å²) in [5.41, 5.74) is 0.852. The Hall–Kier alpha value is -2.34. The molecule has 1 unspecified atom stereocenters. The van der Waals surface area contributed by atoms with Crippen LogP contribution in [0.15, 0.2) is 42.9 Å². The van der Waals surface area contributed by atoms with Crippen molar-refractivity contribution in [2.45, 2.75) is 25.9 Å². The maximum absolute atomic E-state index is 12.1. The summed E-state index contributed by atoms with van der Waals surface area (Å²) in [4.78, 5) is 16.3. The van der Waals surface area contributed by atoms with Gasteiger partial charge in [0, 0.05) is 50.3 Å². The molecule has 0 aromatic carbocycles. The molecule has 0 fully saturated rings. The Labute approximate surface area is 136 Å². The number of amides is 1. The fourth-order valence-corrected chi connectivity index (χ4v) is 2.19. The van der Waals surface area contributed by atoms with Gasteiger partial charge >= 0.3 is 0 Å². The minimum absolute atomic E-state index is 0.00195. The Morgan fingerprint density at radius 3 is 2.83 bits per heavy atom. The number of pyridine rings is 1. The lowest BCUT2D eigenvalue weighted by atomic mass is 10.2. The molecule has 0 spiro atoms. The second-order valence-corrected chi connectivity index (χ2v) is 5.27. The molecule has 0 aliphatic carbocycles. The largest absolute Gasteiger partial charge is 0.475 e. The molecule has 2 rings (SSSR count). The molecule has 0 radical (unpaired) electrons. The summed E-state index contributed by atoms with van der Waals surface area (Å²) in [5.74, 6) is 0.529. The normalized spacial score (nSPS) is 11.9. The van der Waals surface area contributed by atoms with E-state index in [1.54, 1.807) is 13.3 Å². The van der Waals surface area contributed by atoms with Gasteiger partial charge in [-0.05, 0) is 25.1 Å². The van der Waals surface area contributed by atoms with Crippen molar-refractivity contribution in [2.24, 2.45) is 0 Å². The molecule has 0 saturated heterocycles. The van der Waals surface area contributed by atoms with Crippen molar-refractivity contribution in [1.82, 2.24) is 14.9 Å². The van der Waals surface area contributed by atoms with E-state index < -0.39 is 0 Å². The van der Waals surface area contributed by atoms with Gasteiger partial charge in [0.15, 0.2) is 0 Å². The molecule has 23 heavy (non-hydrogen) atoms. The minimum Gasteiger partial charge on any atom is -0.475 e. The number of ether oxygens (including phenoxy) is 2. The summed E-state index contributed by atoms with van der Waals surface area (Å²) in [6.07, 6.45) is 6.01. The zero-order valence-electron chi connectivity index (χ0n) is 13.6. The van der Waals surface area contributed by atoms with Crippen molar-refractivity contribution < 1.29 is 14.3 Å². The number of hydrogen-bond acceptors (Lipinski definition) is 4. The van der Waals surface area contributed by atoms with Gasteiger partial charge < -0.3 is 19.4 Å². The second kappa shape index (κ2) is 8.95. The zero-order valence-corrected chi connectivity index (χ0v) is 13.6.